The zero-order chi connectivity index (χ0) is 10.6. The summed E-state index contributed by atoms with van der Waals surface area (Å²) >= 11 is 3.38. The number of hydrogen-bond donors (Lipinski definition) is 2. The molecule has 0 aromatic heterocycles. The van der Waals surface area contributed by atoms with Gasteiger partial charge in [-0.25, -0.2) is 0 Å². The van der Waals surface area contributed by atoms with Gasteiger partial charge < -0.3 is 10.2 Å². The van der Waals surface area contributed by atoms with Crippen molar-refractivity contribution in [2.45, 2.75) is 26.2 Å². The highest BCUT2D eigenvalue weighted by molar-refractivity contribution is 9.09. The average Bonchev–Trinajstić information content (AvgIpc) is 2.18. The van der Waals surface area contributed by atoms with Crippen LogP contribution in [0.4, 0.5) is 0 Å². The van der Waals surface area contributed by atoms with E-state index in [0.717, 1.165) is 35.7 Å². The van der Waals surface area contributed by atoms with E-state index in [-0.39, 0.29) is 11.5 Å². The maximum atomic E-state index is 9.48. The number of unbranched alkanes of at least 4 members (excludes halogenated alkanes) is 1. The molecule has 1 rings (SSSR count). The lowest BCUT2D eigenvalue weighted by molar-refractivity contribution is 0.400. The molecule has 0 unspecified atom stereocenters. The lowest BCUT2D eigenvalue weighted by Gasteiger charge is -2.08. The molecule has 2 nitrogen and oxygen atoms in total. The van der Waals surface area contributed by atoms with Crippen molar-refractivity contribution < 1.29 is 10.2 Å². The zero-order valence-electron chi connectivity index (χ0n) is 8.26. The topological polar surface area (TPSA) is 40.5 Å². The number of aromatic hydroxyl groups is 2. The summed E-state index contributed by atoms with van der Waals surface area (Å²) in [5.74, 6) is -0.0203. The molecule has 0 amide bonds. The highest BCUT2D eigenvalue weighted by atomic mass is 79.9. The summed E-state index contributed by atoms with van der Waals surface area (Å²) in [6.07, 6.45) is 3.17. The number of hydrogen-bond acceptors (Lipinski definition) is 2. The molecule has 0 heterocycles. The fourth-order valence-electron chi connectivity index (χ4n) is 1.41. The lowest BCUT2D eigenvalue weighted by atomic mass is 10.0. The van der Waals surface area contributed by atoms with E-state index < -0.39 is 0 Å². The van der Waals surface area contributed by atoms with Crippen molar-refractivity contribution in [2.24, 2.45) is 0 Å². The Labute approximate surface area is 92.7 Å². The fraction of sp³-hybridized carbons (Fsp3) is 0.455. The number of phenols is 2. The van der Waals surface area contributed by atoms with Gasteiger partial charge in [-0.05, 0) is 43.4 Å². The molecule has 1 aromatic rings. The van der Waals surface area contributed by atoms with Gasteiger partial charge >= 0.3 is 0 Å². The van der Waals surface area contributed by atoms with Crippen molar-refractivity contribution in [3.63, 3.8) is 0 Å². The van der Waals surface area contributed by atoms with E-state index in [1.165, 1.54) is 0 Å². The molecule has 1 aromatic carbocycles. The third-order valence-corrected chi connectivity index (χ3v) is 2.91. The van der Waals surface area contributed by atoms with Crippen LogP contribution in [0.1, 0.15) is 24.0 Å². The first-order chi connectivity index (χ1) is 6.66. The highest BCUT2D eigenvalue weighted by Crippen LogP contribution is 2.31. The van der Waals surface area contributed by atoms with Crippen LogP contribution in [0.5, 0.6) is 11.5 Å². The number of phenolic OH excluding ortho intramolecular Hbond substituents is 2. The van der Waals surface area contributed by atoms with Gasteiger partial charge in [-0.2, -0.15) is 0 Å². The minimum atomic E-state index is -0.0354. The summed E-state index contributed by atoms with van der Waals surface area (Å²) in [5, 5.41) is 19.7. The Bertz CT molecular complexity index is 310. The Morgan fingerprint density at radius 2 is 1.93 bits per heavy atom. The first kappa shape index (κ1) is 11.4. The van der Waals surface area contributed by atoms with Crippen LogP contribution in [0, 0.1) is 6.92 Å². The van der Waals surface area contributed by atoms with Gasteiger partial charge in [0.25, 0.3) is 0 Å². The molecule has 0 aliphatic heterocycles. The summed E-state index contributed by atoms with van der Waals surface area (Å²) in [5.41, 5.74) is 1.90. The quantitative estimate of drug-likeness (QED) is 0.495. The van der Waals surface area contributed by atoms with E-state index in [0.29, 0.717) is 0 Å². The van der Waals surface area contributed by atoms with Gasteiger partial charge in [0.1, 0.15) is 0 Å². The summed E-state index contributed by atoms with van der Waals surface area (Å²) < 4.78 is 0. The van der Waals surface area contributed by atoms with Gasteiger partial charge in [0.05, 0.1) is 0 Å². The van der Waals surface area contributed by atoms with E-state index in [1.807, 2.05) is 13.0 Å². The number of halogens is 1. The Morgan fingerprint density at radius 1 is 1.21 bits per heavy atom. The van der Waals surface area contributed by atoms with Gasteiger partial charge in [0.2, 0.25) is 0 Å². The average molecular weight is 259 g/mol. The highest BCUT2D eigenvalue weighted by Gasteiger charge is 2.06. The third-order valence-electron chi connectivity index (χ3n) is 2.35. The van der Waals surface area contributed by atoms with Gasteiger partial charge in [-0.15, -0.1) is 0 Å². The van der Waals surface area contributed by atoms with Crippen LogP contribution in [-0.4, -0.2) is 15.5 Å². The van der Waals surface area contributed by atoms with Crippen molar-refractivity contribution >= 4 is 15.9 Å². The molecule has 0 saturated carbocycles. The second kappa shape index (κ2) is 5.25. The molecule has 3 heteroatoms. The Kier molecular flexibility index (Phi) is 4.26. The second-order valence-electron chi connectivity index (χ2n) is 3.36. The van der Waals surface area contributed by atoms with Crippen LogP contribution >= 0.6 is 15.9 Å². The van der Waals surface area contributed by atoms with Crippen LogP contribution in [0.25, 0.3) is 0 Å². The monoisotopic (exact) mass is 258 g/mol. The van der Waals surface area contributed by atoms with E-state index in [2.05, 4.69) is 15.9 Å². The predicted octanol–water partition coefficient (Wildman–Crippen LogP) is 3.12. The zero-order valence-corrected chi connectivity index (χ0v) is 9.84. The molecule has 0 fully saturated rings. The maximum Gasteiger partial charge on any atom is 0.160 e. The predicted molar refractivity (Wildman–Crippen MR) is 61.2 cm³/mol. The molecule has 0 spiro atoms. The minimum Gasteiger partial charge on any atom is -0.504 e. The number of aryl methyl sites for hydroxylation is 1. The molecule has 0 bridgehead atoms. The fourth-order valence-corrected chi connectivity index (χ4v) is 1.80. The standard InChI is InChI=1S/C11H15BrO2/c1-8-9(4-2-3-7-12)5-6-10(13)11(8)14/h5-6,13-14H,2-4,7H2,1H3. The number of benzene rings is 1. The summed E-state index contributed by atoms with van der Waals surface area (Å²) in [4.78, 5) is 0. The molecule has 0 atom stereocenters. The van der Waals surface area contributed by atoms with Crippen molar-refractivity contribution in [3.8, 4) is 11.5 Å². The SMILES string of the molecule is Cc1c(CCCCBr)ccc(O)c1O. The third kappa shape index (κ3) is 2.64. The molecule has 0 radical (unpaired) electrons. The Morgan fingerprint density at radius 3 is 2.57 bits per heavy atom. The lowest BCUT2D eigenvalue weighted by Crippen LogP contribution is -1.91. The van der Waals surface area contributed by atoms with Crippen molar-refractivity contribution in [1.82, 2.24) is 0 Å². The maximum absolute atomic E-state index is 9.48. The second-order valence-corrected chi connectivity index (χ2v) is 4.16. The number of alkyl halides is 1. The van der Waals surface area contributed by atoms with Gasteiger partial charge in [-0.1, -0.05) is 22.0 Å². The smallest absolute Gasteiger partial charge is 0.160 e. The van der Waals surface area contributed by atoms with Crippen molar-refractivity contribution in [2.75, 3.05) is 5.33 Å². The van der Waals surface area contributed by atoms with Gasteiger partial charge in [0, 0.05) is 5.33 Å². The summed E-state index contributed by atoms with van der Waals surface area (Å²) in [6.45, 7) is 1.83. The van der Waals surface area contributed by atoms with Crippen LogP contribution in [0.3, 0.4) is 0 Å². The first-order valence-electron chi connectivity index (χ1n) is 4.73. The minimum absolute atomic E-state index is 0.0151. The van der Waals surface area contributed by atoms with E-state index in [1.54, 1.807) is 6.07 Å². The Balaban J connectivity index is 2.73. The van der Waals surface area contributed by atoms with E-state index in [9.17, 15) is 10.2 Å². The molecule has 0 aliphatic carbocycles. The van der Waals surface area contributed by atoms with Crippen molar-refractivity contribution in [3.05, 3.63) is 23.3 Å². The normalized spacial score (nSPS) is 10.4. The van der Waals surface area contributed by atoms with Gasteiger partial charge in [0.15, 0.2) is 11.5 Å². The molecular formula is C11H15BrO2. The largest absolute Gasteiger partial charge is 0.504 e. The van der Waals surface area contributed by atoms with Crippen LogP contribution in [0.15, 0.2) is 12.1 Å². The summed E-state index contributed by atoms with van der Waals surface area (Å²) in [6, 6.07) is 3.42. The molecule has 0 aliphatic rings. The molecule has 14 heavy (non-hydrogen) atoms. The molecule has 0 saturated heterocycles. The van der Waals surface area contributed by atoms with E-state index in [4.69, 9.17) is 0 Å². The first-order valence-corrected chi connectivity index (χ1v) is 5.85. The molecular weight excluding hydrogens is 244 g/mol. The van der Waals surface area contributed by atoms with Gasteiger partial charge in [-0.3, -0.25) is 0 Å². The Hall–Kier alpha value is -0.700. The summed E-state index contributed by atoms with van der Waals surface area (Å²) in [7, 11) is 0. The molecule has 78 valence electrons. The van der Waals surface area contributed by atoms with Crippen LogP contribution in [0.2, 0.25) is 0 Å². The van der Waals surface area contributed by atoms with Crippen LogP contribution in [-0.2, 0) is 6.42 Å². The van der Waals surface area contributed by atoms with Crippen LogP contribution < -0.4 is 0 Å². The number of rotatable bonds is 4. The van der Waals surface area contributed by atoms with Crippen molar-refractivity contribution in [1.29, 1.82) is 0 Å². The molecule has 2 N–H and O–H groups in total. The van der Waals surface area contributed by atoms with E-state index >= 15 is 0 Å².